The normalized spacial score (nSPS) is 11.0. The van der Waals surface area contributed by atoms with E-state index in [0.29, 0.717) is 33.7 Å². The predicted molar refractivity (Wildman–Crippen MR) is 111 cm³/mol. The molecule has 0 unspecified atom stereocenters. The number of nitrogens with one attached hydrogen (secondary N) is 1. The maximum Gasteiger partial charge on any atom is 0.339 e. The van der Waals surface area contributed by atoms with E-state index in [4.69, 9.17) is 32.4 Å². The van der Waals surface area contributed by atoms with Crippen molar-refractivity contribution in [2.24, 2.45) is 5.10 Å². The summed E-state index contributed by atoms with van der Waals surface area (Å²) in [6.45, 7) is 2.53. The minimum atomic E-state index is -0.466. The Labute approximate surface area is 172 Å². The third-order valence-corrected chi connectivity index (χ3v) is 4.58. The SMILES string of the molecule is CCOC(=O)c1cc(-c2ccc(/C=N\NCc3ccccc3Cl)o2)ccc1Cl. The van der Waals surface area contributed by atoms with Gasteiger partial charge >= 0.3 is 5.97 Å². The van der Waals surface area contributed by atoms with Crippen molar-refractivity contribution < 1.29 is 13.9 Å². The van der Waals surface area contributed by atoms with Gasteiger partial charge in [-0.05, 0) is 48.9 Å². The van der Waals surface area contributed by atoms with Crippen LogP contribution in [0.5, 0.6) is 0 Å². The van der Waals surface area contributed by atoms with Gasteiger partial charge in [-0.3, -0.25) is 0 Å². The molecule has 3 rings (SSSR count). The van der Waals surface area contributed by atoms with Crippen molar-refractivity contribution in [1.29, 1.82) is 0 Å². The van der Waals surface area contributed by atoms with Crippen molar-refractivity contribution in [2.45, 2.75) is 13.5 Å². The van der Waals surface area contributed by atoms with E-state index in [0.717, 1.165) is 11.1 Å². The predicted octanol–water partition coefficient (Wildman–Crippen LogP) is 5.55. The average Bonchev–Trinajstić information content (AvgIpc) is 3.16. The first-order chi connectivity index (χ1) is 13.6. The number of carbonyl (C=O) groups excluding carboxylic acids is 1. The van der Waals surface area contributed by atoms with Crippen molar-refractivity contribution in [3.8, 4) is 11.3 Å². The van der Waals surface area contributed by atoms with Crippen LogP contribution in [0.15, 0.2) is 64.1 Å². The van der Waals surface area contributed by atoms with Gasteiger partial charge in [-0.1, -0.05) is 41.4 Å². The van der Waals surface area contributed by atoms with Crippen LogP contribution in [0.3, 0.4) is 0 Å². The van der Waals surface area contributed by atoms with Gasteiger partial charge in [-0.15, -0.1) is 0 Å². The molecule has 0 aliphatic carbocycles. The van der Waals surface area contributed by atoms with Gasteiger partial charge in [-0.2, -0.15) is 5.10 Å². The number of esters is 1. The smallest absolute Gasteiger partial charge is 0.339 e. The highest BCUT2D eigenvalue weighted by Crippen LogP contribution is 2.27. The largest absolute Gasteiger partial charge is 0.462 e. The fraction of sp³-hybridized carbons (Fsp3) is 0.143. The Kier molecular flexibility index (Phi) is 6.74. The zero-order valence-corrected chi connectivity index (χ0v) is 16.6. The summed E-state index contributed by atoms with van der Waals surface area (Å²) < 4.78 is 10.8. The lowest BCUT2D eigenvalue weighted by atomic mass is 10.1. The first kappa shape index (κ1) is 20.0. The van der Waals surface area contributed by atoms with Crippen LogP contribution in [0.25, 0.3) is 11.3 Å². The Morgan fingerprint density at radius 2 is 1.96 bits per heavy atom. The van der Waals surface area contributed by atoms with Gasteiger partial charge in [0.05, 0.1) is 30.0 Å². The van der Waals surface area contributed by atoms with E-state index in [1.807, 2.05) is 24.3 Å². The molecule has 0 fully saturated rings. The van der Waals surface area contributed by atoms with Gasteiger partial charge in [0.15, 0.2) is 0 Å². The fourth-order valence-electron chi connectivity index (χ4n) is 2.50. The molecular formula is C21H18Cl2N2O3. The molecule has 144 valence electrons. The molecule has 0 atom stereocenters. The van der Waals surface area contributed by atoms with Crippen LogP contribution in [-0.2, 0) is 11.3 Å². The molecule has 28 heavy (non-hydrogen) atoms. The molecule has 1 heterocycles. The number of hydrogen-bond donors (Lipinski definition) is 1. The molecule has 0 spiro atoms. The maximum atomic E-state index is 12.0. The molecule has 0 saturated heterocycles. The molecular weight excluding hydrogens is 399 g/mol. The van der Waals surface area contributed by atoms with Crippen molar-refractivity contribution in [2.75, 3.05) is 6.61 Å². The number of ether oxygens (including phenoxy) is 1. The molecule has 3 aromatic rings. The lowest BCUT2D eigenvalue weighted by Gasteiger charge is -2.05. The zero-order valence-electron chi connectivity index (χ0n) is 15.1. The second kappa shape index (κ2) is 9.44. The highest BCUT2D eigenvalue weighted by atomic mass is 35.5. The first-order valence-corrected chi connectivity index (χ1v) is 9.40. The Bertz CT molecular complexity index is 999. The lowest BCUT2D eigenvalue weighted by Crippen LogP contribution is -2.05. The number of furan rings is 1. The summed E-state index contributed by atoms with van der Waals surface area (Å²) in [5.74, 6) is 0.690. The van der Waals surface area contributed by atoms with Crippen LogP contribution >= 0.6 is 23.2 Å². The minimum Gasteiger partial charge on any atom is -0.462 e. The number of hydrogen-bond acceptors (Lipinski definition) is 5. The molecule has 1 aromatic heterocycles. The second-order valence-corrected chi connectivity index (χ2v) is 6.62. The molecule has 2 aromatic carbocycles. The number of benzene rings is 2. The topological polar surface area (TPSA) is 63.8 Å². The molecule has 1 N–H and O–H groups in total. The Morgan fingerprint density at radius 1 is 1.14 bits per heavy atom. The minimum absolute atomic E-state index is 0.280. The van der Waals surface area contributed by atoms with Crippen LogP contribution in [0.2, 0.25) is 10.0 Å². The Morgan fingerprint density at radius 3 is 2.75 bits per heavy atom. The molecule has 0 bridgehead atoms. The highest BCUT2D eigenvalue weighted by molar-refractivity contribution is 6.33. The molecule has 7 heteroatoms. The summed E-state index contributed by atoms with van der Waals surface area (Å²) in [5, 5.41) is 5.17. The van der Waals surface area contributed by atoms with E-state index < -0.39 is 5.97 Å². The van der Waals surface area contributed by atoms with E-state index in [1.54, 1.807) is 43.5 Å². The van der Waals surface area contributed by atoms with Gasteiger partial charge in [0.1, 0.15) is 11.5 Å². The average molecular weight is 417 g/mol. The molecule has 0 saturated carbocycles. The lowest BCUT2D eigenvalue weighted by molar-refractivity contribution is 0.0526. The number of rotatable bonds is 7. The maximum absolute atomic E-state index is 12.0. The van der Waals surface area contributed by atoms with E-state index >= 15 is 0 Å². The number of carbonyl (C=O) groups is 1. The van der Waals surface area contributed by atoms with Crippen LogP contribution in [0.1, 0.15) is 28.6 Å². The van der Waals surface area contributed by atoms with Crippen molar-refractivity contribution in [3.63, 3.8) is 0 Å². The van der Waals surface area contributed by atoms with E-state index in [9.17, 15) is 4.79 Å². The summed E-state index contributed by atoms with van der Waals surface area (Å²) >= 11 is 12.2. The highest BCUT2D eigenvalue weighted by Gasteiger charge is 2.14. The number of hydrazone groups is 1. The summed E-state index contributed by atoms with van der Waals surface area (Å²) in [6.07, 6.45) is 1.57. The molecule has 0 amide bonds. The van der Waals surface area contributed by atoms with Gasteiger partial charge in [-0.25, -0.2) is 4.79 Å². The quantitative estimate of drug-likeness (QED) is 0.311. The number of nitrogens with zero attached hydrogens (tertiary/aromatic N) is 1. The fourth-order valence-corrected chi connectivity index (χ4v) is 2.90. The van der Waals surface area contributed by atoms with E-state index in [-0.39, 0.29) is 6.61 Å². The van der Waals surface area contributed by atoms with E-state index in [1.165, 1.54) is 0 Å². The summed E-state index contributed by atoms with van der Waals surface area (Å²) in [5.41, 5.74) is 4.90. The Balaban J connectivity index is 1.67. The van der Waals surface area contributed by atoms with Crippen LogP contribution in [0.4, 0.5) is 0 Å². The van der Waals surface area contributed by atoms with Gasteiger partial charge in [0, 0.05) is 10.6 Å². The summed E-state index contributed by atoms with van der Waals surface area (Å²) in [6, 6.07) is 16.2. The summed E-state index contributed by atoms with van der Waals surface area (Å²) in [4.78, 5) is 12.0. The van der Waals surface area contributed by atoms with Crippen molar-refractivity contribution in [3.05, 3.63) is 81.5 Å². The van der Waals surface area contributed by atoms with E-state index in [2.05, 4.69) is 10.5 Å². The number of halogens is 2. The van der Waals surface area contributed by atoms with Crippen molar-refractivity contribution >= 4 is 35.4 Å². The van der Waals surface area contributed by atoms with Gasteiger partial charge < -0.3 is 14.6 Å². The van der Waals surface area contributed by atoms with Crippen molar-refractivity contribution in [1.82, 2.24) is 5.43 Å². The molecule has 0 aliphatic heterocycles. The second-order valence-electron chi connectivity index (χ2n) is 5.80. The molecule has 0 radical (unpaired) electrons. The van der Waals surface area contributed by atoms with Gasteiger partial charge in [0.2, 0.25) is 0 Å². The molecule has 0 aliphatic rings. The van der Waals surface area contributed by atoms with Gasteiger partial charge in [0.25, 0.3) is 0 Å². The molecule has 5 nitrogen and oxygen atoms in total. The third kappa shape index (κ3) is 4.94. The third-order valence-electron chi connectivity index (χ3n) is 3.88. The Hall–Kier alpha value is -2.76. The monoisotopic (exact) mass is 416 g/mol. The van der Waals surface area contributed by atoms with Crippen LogP contribution in [0, 0.1) is 0 Å². The first-order valence-electron chi connectivity index (χ1n) is 8.64. The van der Waals surface area contributed by atoms with Crippen LogP contribution < -0.4 is 5.43 Å². The standard InChI is InChI=1S/C21H18Cl2N2O3/c1-2-27-21(26)17-11-14(7-9-19(17)23)20-10-8-16(28-20)13-25-24-12-15-5-3-4-6-18(15)22/h3-11,13,24H,2,12H2,1H3/b25-13-. The summed E-state index contributed by atoms with van der Waals surface area (Å²) in [7, 11) is 0. The van der Waals surface area contributed by atoms with Crippen LogP contribution in [-0.4, -0.2) is 18.8 Å². The zero-order chi connectivity index (χ0) is 19.9.